The summed E-state index contributed by atoms with van der Waals surface area (Å²) in [6, 6.07) is 9.12. The van der Waals surface area contributed by atoms with Crippen molar-refractivity contribution in [2.24, 2.45) is 10.7 Å². The van der Waals surface area contributed by atoms with Gasteiger partial charge in [-0.1, -0.05) is 11.3 Å². The van der Waals surface area contributed by atoms with E-state index in [9.17, 15) is 4.79 Å². The smallest absolute Gasteiger partial charge is 0.257 e. The topological polar surface area (TPSA) is 106 Å². The van der Waals surface area contributed by atoms with Crippen LogP contribution in [-0.2, 0) is 0 Å². The molecule has 3 aromatic rings. The molecule has 1 atom stereocenters. The summed E-state index contributed by atoms with van der Waals surface area (Å²) in [6.45, 7) is 1.51. The molecule has 0 saturated heterocycles. The van der Waals surface area contributed by atoms with Crippen LogP contribution < -0.4 is 15.5 Å². The highest BCUT2D eigenvalue weighted by Crippen LogP contribution is 2.37. The van der Waals surface area contributed by atoms with Crippen LogP contribution in [0.25, 0.3) is 10.8 Å². The van der Waals surface area contributed by atoms with E-state index < -0.39 is 0 Å². The van der Waals surface area contributed by atoms with Gasteiger partial charge in [-0.25, -0.2) is 4.48 Å². The molecule has 8 nitrogen and oxygen atoms in total. The van der Waals surface area contributed by atoms with E-state index in [2.05, 4.69) is 27.6 Å². The first kappa shape index (κ1) is 17.5. The number of nitrogens with zero attached hydrogens (tertiary/aromatic N) is 4. The number of nitrogens with one attached hydrogen (secondary N) is 1. The Kier molecular flexibility index (Phi) is 4.56. The van der Waals surface area contributed by atoms with Crippen LogP contribution in [0.2, 0.25) is 0 Å². The van der Waals surface area contributed by atoms with E-state index in [0.717, 1.165) is 24.3 Å². The number of fused-ring (bicyclic) bond motifs is 1. The van der Waals surface area contributed by atoms with E-state index in [1.807, 2.05) is 12.4 Å². The van der Waals surface area contributed by atoms with Crippen molar-refractivity contribution >= 4 is 40.1 Å². The average Bonchev–Trinajstić information content (AvgIpc) is 3.41. The third-order valence-electron chi connectivity index (χ3n) is 4.44. The molecule has 1 unspecified atom stereocenters. The van der Waals surface area contributed by atoms with Crippen molar-refractivity contribution in [2.75, 3.05) is 25.5 Å². The summed E-state index contributed by atoms with van der Waals surface area (Å²) in [6.07, 6.45) is 4.36. The zero-order chi connectivity index (χ0) is 18.9. The van der Waals surface area contributed by atoms with E-state index >= 15 is 0 Å². The third-order valence-corrected chi connectivity index (χ3v) is 5.30. The Hall–Kier alpha value is -2.88. The van der Waals surface area contributed by atoms with Gasteiger partial charge in [0.05, 0.1) is 19.9 Å². The fraction of sp³-hybridized carbons (Fsp3) is 0.222. The maximum absolute atomic E-state index is 12.6. The van der Waals surface area contributed by atoms with Crippen LogP contribution in [0.3, 0.4) is 0 Å². The van der Waals surface area contributed by atoms with Crippen LogP contribution >= 0.6 is 11.3 Å². The predicted octanol–water partition coefficient (Wildman–Crippen LogP) is 3.01. The fourth-order valence-corrected chi connectivity index (χ4v) is 3.70. The van der Waals surface area contributed by atoms with Gasteiger partial charge < -0.3 is 10.2 Å². The number of amides is 1. The Morgan fingerprint density at radius 1 is 1.33 bits per heavy atom. The van der Waals surface area contributed by atoms with Crippen LogP contribution in [0.4, 0.5) is 16.5 Å². The van der Waals surface area contributed by atoms with E-state index in [1.165, 1.54) is 11.3 Å². The van der Waals surface area contributed by atoms with Crippen molar-refractivity contribution in [1.29, 1.82) is 0 Å². The van der Waals surface area contributed by atoms with E-state index in [-0.39, 0.29) is 5.91 Å². The lowest BCUT2D eigenvalue weighted by atomic mass is 10.1. The van der Waals surface area contributed by atoms with Gasteiger partial charge in [0.2, 0.25) is 5.13 Å². The Bertz CT molecular complexity index is 997. The zero-order valence-corrected chi connectivity index (χ0v) is 15.6. The van der Waals surface area contributed by atoms with E-state index in [0.29, 0.717) is 32.5 Å². The number of aromatic nitrogens is 2. The Morgan fingerprint density at radius 2 is 2.22 bits per heavy atom. The maximum Gasteiger partial charge on any atom is 0.257 e. The third kappa shape index (κ3) is 3.39. The molecule has 9 heteroatoms. The number of nitrogens with two attached hydrogens (primary N) is 1. The summed E-state index contributed by atoms with van der Waals surface area (Å²) < 4.78 is 5.88. The minimum atomic E-state index is -0.252. The minimum Gasteiger partial charge on any atom is -0.462 e. The molecule has 2 aromatic heterocycles. The average molecular weight is 383 g/mol. The first-order valence-electron chi connectivity index (χ1n) is 8.53. The van der Waals surface area contributed by atoms with Gasteiger partial charge in [-0.15, -0.1) is 10.2 Å². The number of aliphatic imine (C=N–C) groups is 1. The largest absolute Gasteiger partial charge is 0.462 e. The molecule has 0 bridgehead atoms. The SMILES string of the molecule is C[N+]1(CCCN)C=Nc2cc(C(=O)Nc3nnc(-c4ccco4)s3)ccc21. The predicted molar refractivity (Wildman–Crippen MR) is 106 cm³/mol. The molecule has 1 aliphatic rings. The van der Waals surface area contributed by atoms with Crippen molar-refractivity contribution in [1.82, 2.24) is 14.7 Å². The molecule has 1 aliphatic heterocycles. The number of quaternary nitrogens is 1. The molecule has 3 heterocycles. The molecule has 1 aromatic carbocycles. The molecule has 1 amide bonds. The highest BCUT2D eigenvalue weighted by molar-refractivity contribution is 7.18. The van der Waals surface area contributed by atoms with Gasteiger partial charge in [-0.05, 0) is 30.8 Å². The van der Waals surface area contributed by atoms with E-state index in [4.69, 9.17) is 10.2 Å². The lowest BCUT2D eigenvalue weighted by Crippen LogP contribution is -2.43. The fourth-order valence-electron chi connectivity index (χ4n) is 2.99. The normalized spacial score (nSPS) is 17.9. The number of hydrogen-bond acceptors (Lipinski definition) is 7. The summed E-state index contributed by atoms with van der Waals surface area (Å²) in [7, 11) is 2.09. The van der Waals surface area contributed by atoms with Gasteiger partial charge in [0, 0.05) is 18.1 Å². The lowest BCUT2D eigenvalue weighted by Gasteiger charge is -2.25. The molecule has 4 rings (SSSR count). The lowest BCUT2D eigenvalue weighted by molar-refractivity contribution is 0.102. The van der Waals surface area contributed by atoms with Crippen LogP contribution in [0.1, 0.15) is 16.8 Å². The van der Waals surface area contributed by atoms with Gasteiger partial charge in [0.15, 0.2) is 22.8 Å². The summed E-state index contributed by atoms with van der Waals surface area (Å²) in [5.41, 5.74) is 8.02. The summed E-state index contributed by atoms with van der Waals surface area (Å²) >= 11 is 1.26. The highest BCUT2D eigenvalue weighted by atomic mass is 32.1. The molecule has 0 saturated carbocycles. The van der Waals surface area contributed by atoms with Gasteiger partial charge in [0.1, 0.15) is 5.69 Å². The number of furan rings is 1. The van der Waals surface area contributed by atoms with Crippen molar-refractivity contribution in [2.45, 2.75) is 6.42 Å². The summed E-state index contributed by atoms with van der Waals surface area (Å²) in [5.74, 6) is 0.368. The second-order valence-corrected chi connectivity index (χ2v) is 7.40. The monoisotopic (exact) mass is 383 g/mol. The van der Waals surface area contributed by atoms with Crippen molar-refractivity contribution in [3.05, 3.63) is 42.2 Å². The standard InChI is InChI=1S/C18H18N6O2S/c1-24(8-3-7-19)11-20-13-10-12(5-6-14(13)24)16(25)21-18-23-22-17(27-18)15-4-2-9-26-15/h2,4-6,9-11H,3,7-8,19H2,1H3/p+1. The van der Waals surface area contributed by atoms with Gasteiger partial charge >= 0.3 is 0 Å². The molecule has 0 spiro atoms. The molecule has 27 heavy (non-hydrogen) atoms. The zero-order valence-electron chi connectivity index (χ0n) is 14.8. The van der Waals surface area contributed by atoms with Crippen LogP contribution in [0.15, 0.2) is 46.0 Å². The van der Waals surface area contributed by atoms with Crippen LogP contribution in [-0.4, -0.2) is 42.6 Å². The molecular formula is C18H19N6O2S+. The second kappa shape index (κ2) is 7.03. The molecule has 0 fully saturated rings. The number of carbonyl (C=O) groups excluding carboxylic acids is 1. The molecular weight excluding hydrogens is 364 g/mol. The van der Waals surface area contributed by atoms with Gasteiger partial charge in [-0.3, -0.25) is 10.1 Å². The Morgan fingerprint density at radius 3 is 3.00 bits per heavy atom. The molecule has 0 aliphatic carbocycles. The number of hydrogen-bond donors (Lipinski definition) is 2. The second-order valence-electron chi connectivity index (χ2n) is 6.43. The first-order valence-corrected chi connectivity index (χ1v) is 9.34. The summed E-state index contributed by atoms with van der Waals surface area (Å²) in [4.78, 5) is 17.1. The quantitative estimate of drug-likeness (QED) is 0.637. The van der Waals surface area contributed by atoms with Gasteiger partial charge in [-0.2, -0.15) is 4.99 Å². The van der Waals surface area contributed by atoms with Crippen molar-refractivity contribution in [3.8, 4) is 10.8 Å². The van der Waals surface area contributed by atoms with Gasteiger partial charge in [0.25, 0.3) is 5.91 Å². The Labute approximate surface area is 159 Å². The summed E-state index contributed by atoms with van der Waals surface area (Å²) in [5, 5.41) is 11.8. The van der Waals surface area contributed by atoms with Crippen molar-refractivity contribution in [3.63, 3.8) is 0 Å². The highest BCUT2D eigenvalue weighted by Gasteiger charge is 2.31. The first-order chi connectivity index (χ1) is 13.1. The van der Waals surface area contributed by atoms with Crippen LogP contribution in [0, 0.1) is 0 Å². The van der Waals surface area contributed by atoms with Crippen LogP contribution in [0.5, 0.6) is 0 Å². The number of carbonyl (C=O) groups is 1. The van der Waals surface area contributed by atoms with E-state index in [1.54, 1.807) is 30.5 Å². The molecule has 138 valence electrons. The number of rotatable bonds is 6. The number of benzene rings is 1. The number of anilines is 1. The minimum absolute atomic E-state index is 0.252. The molecule has 0 radical (unpaired) electrons. The Balaban J connectivity index is 1.50. The van der Waals surface area contributed by atoms with Crippen molar-refractivity contribution < 1.29 is 9.21 Å². The maximum atomic E-state index is 12.6. The molecule has 3 N–H and O–H groups in total.